The minimum atomic E-state index is 0.693. The molecule has 5 nitrogen and oxygen atoms in total. The number of hydrogen-bond donors (Lipinski definition) is 1. The molecule has 2 aromatic rings. The molecule has 6 heteroatoms. The number of piperidine rings is 1. The number of aromatic nitrogens is 3. The lowest BCUT2D eigenvalue weighted by molar-refractivity contribution is 0.376. The van der Waals surface area contributed by atoms with E-state index in [1.165, 1.54) is 12.8 Å². The van der Waals surface area contributed by atoms with Gasteiger partial charge in [-0.25, -0.2) is 4.52 Å². The van der Waals surface area contributed by atoms with Crippen LogP contribution in [0, 0.1) is 5.92 Å². The monoisotopic (exact) mass is 337 g/mol. The molecule has 0 saturated carbocycles. The van der Waals surface area contributed by atoms with Crippen LogP contribution in [0.4, 0.5) is 5.95 Å². The molecule has 3 heterocycles. The summed E-state index contributed by atoms with van der Waals surface area (Å²) in [6, 6.07) is 3.96. The Morgan fingerprint density at radius 3 is 3.15 bits per heavy atom. The second kappa shape index (κ2) is 6.10. The van der Waals surface area contributed by atoms with Gasteiger partial charge in [-0.05, 0) is 66.8 Å². The number of hydrogen-bond acceptors (Lipinski definition) is 4. The first-order valence-electron chi connectivity index (χ1n) is 7.24. The van der Waals surface area contributed by atoms with Gasteiger partial charge >= 0.3 is 0 Å². The topological polar surface area (TPSA) is 45.5 Å². The highest BCUT2D eigenvalue weighted by Gasteiger charge is 2.19. The fourth-order valence-electron chi connectivity index (χ4n) is 2.74. The molecule has 0 aromatic carbocycles. The molecular formula is C14H20BrN5. The largest absolute Gasteiger partial charge is 0.339 e. The van der Waals surface area contributed by atoms with Gasteiger partial charge in [0.1, 0.15) is 0 Å². The second-order valence-corrected chi connectivity index (χ2v) is 6.14. The van der Waals surface area contributed by atoms with Crippen molar-refractivity contribution in [2.75, 3.05) is 31.1 Å². The first kappa shape index (κ1) is 13.8. The Bertz CT molecular complexity index is 576. The van der Waals surface area contributed by atoms with Crippen LogP contribution in [0.15, 0.2) is 22.8 Å². The third kappa shape index (κ3) is 2.81. The summed E-state index contributed by atoms with van der Waals surface area (Å²) >= 11 is 3.53. The first-order valence-corrected chi connectivity index (χ1v) is 8.03. The highest BCUT2D eigenvalue weighted by molar-refractivity contribution is 9.10. The highest BCUT2D eigenvalue weighted by Crippen LogP contribution is 2.20. The Kier molecular flexibility index (Phi) is 4.21. The van der Waals surface area contributed by atoms with E-state index >= 15 is 0 Å². The van der Waals surface area contributed by atoms with E-state index in [9.17, 15) is 0 Å². The van der Waals surface area contributed by atoms with Crippen molar-refractivity contribution in [3.05, 3.63) is 22.8 Å². The first-order chi connectivity index (χ1) is 9.78. The number of nitrogens with zero attached hydrogens (tertiary/aromatic N) is 4. The fraction of sp³-hybridized carbons (Fsp3) is 0.571. The van der Waals surface area contributed by atoms with Gasteiger partial charge in [-0.3, -0.25) is 0 Å². The second-order valence-electron chi connectivity index (χ2n) is 5.29. The molecule has 1 N–H and O–H groups in total. The van der Waals surface area contributed by atoms with Gasteiger partial charge in [0.25, 0.3) is 0 Å². The van der Waals surface area contributed by atoms with Crippen molar-refractivity contribution in [3.63, 3.8) is 0 Å². The van der Waals surface area contributed by atoms with Crippen LogP contribution in [0.3, 0.4) is 0 Å². The van der Waals surface area contributed by atoms with Crippen LogP contribution in [-0.4, -0.2) is 40.8 Å². The molecule has 0 radical (unpaired) electrons. The third-order valence-electron chi connectivity index (χ3n) is 3.85. The number of pyridine rings is 1. The molecule has 1 saturated heterocycles. The number of nitrogens with one attached hydrogen (secondary N) is 1. The summed E-state index contributed by atoms with van der Waals surface area (Å²) in [5, 5.41) is 8.06. The van der Waals surface area contributed by atoms with Crippen molar-refractivity contribution >= 4 is 27.5 Å². The van der Waals surface area contributed by atoms with Crippen molar-refractivity contribution in [1.82, 2.24) is 19.9 Å². The van der Waals surface area contributed by atoms with Crippen LogP contribution in [0.2, 0.25) is 0 Å². The van der Waals surface area contributed by atoms with Gasteiger partial charge in [0.15, 0.2) is 5.65 Å². The van der Waals surface area contributed by atoms with Gasteiger partial charge in [0.2, 0.25) is 5.95 Å². The lowest BCUT2D eigenvalue weighted by Gasteiger charge is -2.28. The molecule has 3 rings (SSSR count). The van der Waals surface area contributed by atoms with Crippen molar-refractivity contribution in [2.45, 2.75) is 19.8 Å². The summed E-state index contributed by atoms with van der Waals surface area (Å²) in [4.78, 5) is 6.93. The Balaban J connectivity index is 1.81. The molecule has 1 fully saturated rings. The van der Waals surface area contributed by atoms with Crippen LogP contribution < -0.4 is 10.2 Å². The average molecular weight is 338 g/mol. The van der Waals surface area contributed by atoms with Crippen LogP contribution >= 0.6 is 15.9 Å². The molecule has 1 aliphatic heterocycles. The lowest BCUT2D eigenvalue weighted by atomic mass is 9.99. The van der Waals surface area contributed by atoms with Gasteiger partial charge in [0.05, 0.1) is 4.47 Å². The Labute approximate surface area is 127 Å². The number of rotatable bonds is 4. The maximum atomic E-state index is 4.66. The zero-order chi connectivity index (χ0) is 13.9. The molecule has 20 heavy (non-hydrogen) atoms. The van der Waals surface area contributed by atoms with Gasteiger partial charge in [-0.2, -0.15) is 4.98 Å². The Hall–Kier alpha value is -1.14. The minimum absolute atomic E-state index is 0.693. The van der Waals surface area contributed by atoms with E-state index in [1.54, 1.807) is 0 Å². The Morgan fingerprint density at radius 1 is 1.55 bits per heavy atom. The van der Waals surface area contributed by atoms with E-state index in [1.807, 2.05) is 22.8 Å². The predicted molar refractivity (Wildman–Crippen MR) is 84.2 cm³/mol. The van der Waals surface area contributed by atoms with Crippen molar-refractivity contribution in [3.8, 4) is 0 Å². The normalized spacial score (nSPS) is 19.4. The maximum absolute atomic E-state index is 4.66. The van der Waals surface area contributed by atoms with Crippen LogP contribution in [0.5, 0.6) is 0 Å². The summed E-state index contributed by atoms with van der Waals surface area (Å²) in [5.41, 5.74) is 0.878. The smallest absolute Gasteiger partial charge is 0.245 e. The van der Waals surface area contributed by atoms with Crippen LogP contribution in [-0.2, 0) is 0 Å². The molecule has 0 amide bonds. The van der Waals surface area contributed by atoms with E-state index < -0.39 is 0 Å². The van der Waals surface area contributed by atoms with Crippen LogP contribution in [0.25, 0.3) is 5.65 Å². The van der Waals surface area contributed by atoms with E-state index in [0.717, 1.165) is 42.2 Å². The SMILES string of the molecule is CCN(CC1CCCNC1)c1nc2c(Br)cccn2n1. The third-order valence-corrected chi connectivity index (χ3v) is 4.46. The number of fused-ring (bicyclic) bond motifs is 1. The molecule has 1 atom stereocenters. The molecular weight excluding hydrogens is 318 g/mol. The van der Waals surface area contributed by atoms with Gasteiger partial charge in [0, 0.05) is 19.3 Å². The maximum Gasteiger partial charge on any atom is 0.245 e. The van der Waals surface area contributed by atoms with Gasteiger partial charge < -0.3 is 10.2 Å². The molecule has 0 bridgehead atoms. The quantitative estimate of drug-likeness (QED) is 0.929. The molecule has 0 spiro atoms. The zero-order valence-corrected chi connectivity index (χ0v) is 13.3. The van der Waals surface area contributed by atoms with Crippen molar-refractivity contribution in [2.24, 2.45) is 5.92 Å². The molecule has 1 aliphatic rings. The predicted octanol–water partition coefficient (Wildman–Crippen LogP) is 2.32. The van der Waals surface area contributed by atoms with Gasteiger partial charge in [-0.1, -0.05) is 0 Å². The standard InChI is InChI=1S/C14H20BrN5/c1-2-19(10-11-5-3-7-16-9-11)14-17-13-12(15)6-4-8-20(13)18-14/h4,6,8,11,16H,2-3,5,7,9-10H2,1H3. The number of anilines is 1. The summed E-state index contributed by atoms with van der Waals surface area (Å²) in [6.07, 6.45) is 4.50. The Morgan fingerprint density at radius 2 is 2.45 bits per heavy atom. The van der Waals surface area contributed by atoms with Gasteiger partial charge in [-0.15, -0.1) is 5.10 Å². The van der Waals surface area contributed by atoms with E-state index in [2.05, 4.69) is 43.2 Å². The van der Waals surface area contributed by atoms with E-state index in [-0.39, 0.29) is 0 Å². The number of halogens is 1. The summed E-state index contributed by atoms with van der Waals surface area (Å²) in [7, 11) is 0. The molecule has 0 aliphatic carbocycles. The van der Waals surface area contributed by atoms with E-state index in [4.69, 9.17) is 0 Å². The van der Waals surface area contributed by atoms with Crippen molar-refractivity contribution in [1.29, 1.82) is 0 Å². The van der Waals surface area contributed by atoms with Crippen LogP contribution in [0.1, 0.15) is 19.8 Å². The zero-order valence-electron chi connectivity index (χ0n) is 11.7. The summed E-state index contributed by atoms with van der Waals surface area (Å²) in [5.74, 6) is 1.52. The highest BCUT2D eigenvalue weighted by atomic mass is 79.9. The summed E-state index contributed by atoms with van der Waals surface area (Å²) < 4.78 is 2.82. The van der Waals surface area contributed by atoms with Crippen molar-refractivity contribution < 1.29 is 0 Å². The molecule has 2 aromatic heterocycles. The molecule has 108 valence electrons. The lowest BCUT2D eigenvalue weighted by Crippen LogP contribution is -2.38. The summed E-state index contributed by atoms with van der Waals surface area (Å²) in [6.45, 7) is 6.38. The fourth-order valence-corrected chi connectivity index (χ4v) is 3.16. The van der Waals surface area contributed by atoms with E-state index in [0.29, 0.717) is 5.92 Å². The average Bonchev–Trinajstić information content (AvgIpc) is 2.91. The molecule has 1 unspecified atom stereocenters. The minimum Gasteiger partial charge on any atom is -0.339 e.